The lowest BCUT2D eigenvalue weighted by Crippen LogP contribution is -2.33. The number of nitrogens with zero attached hydrogens (tertiary/aromatic N) is 3. The first-order chi connectivity index (χ1) is 14.2. The molecule has 0 bridgehead atoms. The zero-order valence-corrected chi connectivity index (χ0v) is 17.4. The van der Waals surface area contributed by atoms with Crippen molar-refractivity contribution in [1.29, 1.82) is 0 Å². The number of carbonyl (C=O) groups excluding carboxylic acids is 1. The van der Waals surface area contributed by atoms with Gasteiger partial charge in [0.2, 0.25) is 5.91 Å². The van der Waals surface area contributed by atoms with Crippen LogP contribution in [-0.4, -0.2) is 45.7 Å². The summed E-state index contributed by atoms with van der Waals surface area (Å²) < 4.78 is 5.75. The van der Waals surface area contributed by atoms with Crippen molar-refractivity contribution in [2.45, 2.75) is 25.3 Å². The molecule has 3 aromatic rings. The van der Waals surface area contributed by atoms with Crippen molar-refractivity contribution in [3.63, 3.8) is 0 Å². The highest BCUT2D eigenvalue weighted by atomic mass is 35.5. The fourth-order valence-electron chi connectivity index (χ4n) is 3.49. The normalized spacial score (nSPS) is 16.8. The lowest BCUT2D eigenvalue weighted by Gasteiger charge is -2.21. The quantitative estimate of drug-likeness (QED) is 0.564. The SMILES string of the molecule is O=C(CN1CCCC1c1cc(CCOc2cccc(Cl)c2)[nH]n1)Nc1nccs1. The summed E-state index contributed by atoms with van der Waals surface area (Å²) in [5, 5.41) is 13.6. The lowest BCUT2D eigenvalue weighted by atomic mass is 10.1. The second-order valence-electron chi connectivity index (χ2n) is 6.89. The number of benzene rings is 1. The van der Waals surface area contributed by atoms with E-state index in [4.69, 9.17) is 16.3 Å². The maximum atomic E-state index is 12.3. The van der Waals surface area contributed by atoms with Crippen molar-refractivity contribution in [3.05, 3.63) is 58.3 Å². The number of H-pyrrole nitrogens is 1. The van der Waals surface area contributed by atoms with Gasteiger partial charge >= 0.3 is 0 Å². The number of hydrogen-bond acceptors (Lipinski definition) is 6. The Morgan fingerprint density at radius 3 is 3.17 bits per heavy atom. The van der Waals surface area contributed by atoms with Crippen LogP contribution >= 0.6 is 22.9 Å². The number of hydrogen-bond donors (Lipinski definition) is 2. The number of halogens is 1. The Labute approximate surface area is 178 Å². The van der Waals surface area contributed by atoms with E-state index in [1.54, 1.807) is 12.3 Å². The van der Waals surface area contributed by atoms with Crippen molar-refractivity contribution >= 4 is 34.0 Å². The van der Waals surface area contributed by atoms with E-state index >= 15 is 0 Å². The molecule has 1 aromatic carbocycles. The van der Waals surface area contributed by atoms with Gasteiger partial charge in [0.05, 0.1) is 24.9 Å². The van der Waals surface area contributed by atoms with Gasteiger partial charge in [0.1, 0.15) is 5.75 Å². The molecule has 1 atom stereocenters. The average Bonchev–Trinajstić information content (AvgIpc) is 3.44. The molecule has 3 heterocycles. The Bertz CT molecular complexity index is 946. The predicted octanol–water partition coefficient (Wildman–Crippen LogP) is 3.92. The van der Waals surface area contributed by atoms with Crippen molar-refractivity contribution < 1.29 is 9.53 Å². The van der Waals surface area contributed by atoms with Gasteiger partial charge in [-0.15, -0.1) is 11.3 Å². The van der Waals surface area contributed by atoms with Crippen LogP contribution in [0.15, 0.2) is 41.9 Å². The number of aromatic nitrogens is 3. The van der Waals surface area contributed by atoms with Crippen molar-refractivity contribution in [2.24, 2.45) is 0 Å². The van der Waals surface area contributed by atoms with E-state index in [0.29, 0.717) is 23.3 Å². The van der Waals surface area contributed by atoms with Gasteiger partial charge in [0.25, 0.3) is 0 Å². The Hall–Kier alpha value is -2.42. The summed E-state index contributed by atoms with van der Waals surface area (Å²) >= 11 is 7.39. The number of thiazole rings is 1. The average molecular weight is 432 g/mol. The Morgan fingerprint density at radius 1 is 1.41 bits per heavy atom. The molecule has 0 aliphatic carbocycles. The van der Waals surface area contributed by atoms with Crippen LogP contribution in [-0.2, 0) is 11.2 Å². The summed E-state index contributed by atoms with van der Waals surface area (Å²) in [6.45, 7) is 1.76. The zero-order chi connectivity index (χ0) is 20.1. The maximum absolute atomic E-state index is 12.3. The monoisotopic (exact) mass is 431 g/mol. The second-order valence-corrected chi connectivity index (χ2v) is 8.22. The third-order valence-electron chi connectivity index (χ3n) is 4.82. The van der Waals surface area contributed by atoms with Crippen LogP contribution in [0.25, 0.3) is 0 Å². The minimum atomic E-state index is -0.0440. The molecule has 1 amide bonds. The number of nitrogens with one attached hydrogen (secondary N) is 2. The predicted molar refractivity (Wildman–Crippen MR) is 114 cm³/mol. The van der Waals surface area contributed by atoms with E-state index in [0.717, 1.165) is 42.9 Å². The molecular weight excluding hydrogens is 410 g/mol. The first-order valence-electron chi connectivity index (χ1n) is 9.53. The summed E-state index contributed by atoms with van der Waals surface area (Å²) in [7, 11) is 0. The molecule has 7 nitrogen and oxygen atoms in total. The summed E-state index contributed by atoms with van der Waals surface area (Å²) in [4.78, 5) is 18.6. The molecular formula is C20H22ClN5O2S. The van der Waals surface area contributed by atoms with Crippen molar-refractivity contribution in [1.82, 2.24) is 20.1 Å². The van der Waals surface area contributed by atoms with Gasteiger partial charge in [-0.05, 0) is 43.7 Å². The molecule has 152 valence electrons. The second kappa shape index (κ2) is 9.39. The fraction of sp³-hybridized carbons (Fsp3) is 0.350. The smallest absolute Gasteiger partial charge is 0.240 e. The molecule has 4 rings (SSSR count). The molecule has 2 aromatic heterocycles. The van der Waals surface area contributed by atoms with Gasteiger partial charge in [0.15, 0.2) is 5.13 Å². The van der Waals surface area contributed by atoms with Crippen LogP contribution < -0.4 is 10.1 Å². The number of aromatic amines is 1. The molecule has 29 heavy (non-hydrogen) atoms. The summed E-state index contributed by atoms with van der Waals surface area (Å²) in [6.07, 6.45) is 4.44. The van der Waals surface area contributed by atoms with E-state index in [1.165, 1.54) is 11.3 Å². The number of rotatable bonds is 8. The highest BCUT2D eigenvalue weighted by molar-refractivity contribution is 7.13. The van der Waals surface area contributed by atoms with Crippen molar-refractivity contribution in [2.75, 3.05) is 25.0 Å². The number of likely N-dealkylation sites (tertiary alicyclic amines) is 1. The van der Waals surface area contributed by atoms with Crippen molar-refractivity contribution in [3.8, 4) is 5.75 Å². The number of ether oxygens (including phenoxy) is 1. The molecule has 0 radical (unpaired) electrons. The molecule has 0 saturated carbocycles. The minimum Gasteiger partial charge on any atom is -0.493 e. The first-order valence-corrected chi connectivity index (χ1v) is 10.8. The summed E-state index contributed by atoms with van der Waals surface area (Å²) in [5.41, 5.74) is 1.99. The van der Waals surface area contributed by atoms with Crippen LogP contribution in [0.4, 0.5) is 5.13 Å². The molecule has 1 unspecified atom stereocenters. The van der Waals surface area contributed by atoms with Crippen LogP contribution in [0.1, 0.15) is 30.3 Å². The van der Waals surface area contributed by atoms with Gasteiger partial charge in [-0.25, -0.2) is 4.98 Å². The van der Waals surface area contributed by atoms with Gasteiger partial charge in [0, 0.05) is 28.7 Å². The highest BCUT2D eigenvalue weighted by Crippen LogP contribution is 2.31. The van der Waals surface area contributed by atoms with Gasteiger partial charge in [-0.3, -0.25) is 14.8 Å². The number of carbonyl (C=O) groups is 1. The Balaban J connectivity index is 1.30. The Kier molecular flexibility index (Phi) is 6.43. The molecule has 1 aliphatic heterocycles. The van der Waals surface area contributed by atoms with E-state index in [2.05, 4.69) is 31.5 Å². The molecule has 1 saturated heterocycles. The van der Waals surface area contributed by atoms with Crippen LogP contribution in [0, 0.1) is 0 Å². The largest absolute Gasteiger partial charge is 0.493 e. The molecule has 0 spiro atoms. The number of anilines is 1. The molecule has 1 aliphatic rings. The zero-order valence-electron chi connectivity index (χ0n) is 15.8. The third kappa shape index (κ3) is 5.35. The third-order valence-corrected chi connectivity index (χ3v) is 5.74. The van der Waals surface area contributed by atoms with E-state index in [-0.39, 0.29) is 11.9 Å². The van der Waals surface area contributed by atoms with E-state index in [1.807, 2.05) is 23.6 Å². The van der Waals surface area contributed by atoms with Crippen LogP contribution in [0.3, 0.4) is 0 Å². The molecule has 1 fully saturated rings. The van der Waals surface area contributed by atoms with Crippen LogP contribution in [0.2, 0.25) is 5.02 Å². The molecule has 9 heteroatoms. The minimum absolute atomic E-state index is 0.0440. The van der Waals surface area contributed by atoms with Gasteiger partial charge in [-0.1, -0.05) is 17.7 Å². The lowest BCUT2D eigenvalue weighted by molar-refractivity contribution is -0.117. The fourth-order valence-corrected chi connectivity index (χ4v) is 4.22. The van der Waals surface area contributed by atoms with Gasteiger partial charge < -0.3 is 10.1 Å². The first kappa shape index (κ1) is 19.9. The molecule has 2 N–H and O–H groups in total. The topological polar surface area (TPSA) is 83.1 Å². The standard InChI is InChI=1S/C20H22ClN5O2S/c21-14-3-1-4-16(11-14)28-9-6-15-12-17(25-24-15)18-5-2-8-26(18)13-19(27)23-20-22-7-10-29-20/h1,3-4,7,10-12,18H,2,5-6,8-9,13H2,(H,24,25)(H,22,23,27). The summed E-state index contributed by atoms with van der Waals surface area (Å²) in [5.74, 6) is 0.711. The van der Waals surface area contributed by atoms with E-state index < -0.39 is 0 Å². The summed E-state index contributed by atoms with van der Waals surface area (Å²) in [6, 6.07) is 9.59. The van der Waals surface area contributed by atoms with Gasteiger partial charge in [-0.2, -0.15) is 5.10 Å². The van der Waals surface area contributed by atoms with Crippen LogP contribution in [0.5, 0.6) is 5.75 Å². The maximum Gasteiger partial charge on any atom is 0.240 e. The Morgan fingerprint density at radius 2 is 2.34 bits per heavy atom. The van der Waals surface area contributed by atoms with E-state index in [9.17, 15) is 4.79 Å². The number of amides is 1. The highest BCUT2D eigenvalue weighted by Gasteiger charge is 2.29.